The van der Waals surface area contributed by atoms with Crippen LogP contribution in [0.15, 0.2) is 0 Å². The van der Waals surface area contributed by atoms with Gasteiger partial charge in [-0.25, -0.2) is 8.78 Å². The molecule has 0 aliphatic rings. The van der Waals surface area contributed by atoms with Crippen LogP contribution < -0.4 is 0 Å². The number of hydrogen-bond acceptors (Lipinski definition) is 2. The Kier molecular flexibility index (Phi) is 6.02. The summed E-state index contributed by atoms with van der Waals surface area (Å²) < 4.78 is 23.5. The Bertz CT molecular complexity index is 80.1. The average Bonchev–Trinajstić information content (AvgIpc) is 1.86. The van der Waals surface area contributed by atoms with E-state index >= 15 is 0 Å². The van der Waals surface area contributed by atoms with Gasteiger partial charge in [0.2, 0.25) is 0 Å². The van der Waals surface area contributed by atoms with Gasteiger partial charge in [0.25, 0.3) is 6.43 Å². The van der Waals surface area contributed by atoms with E-state index in [0.29, 0.717) is 18.8 Å². The lowest BCUT2D eigenvalue weighted by Crippen LogP contribution is -2.30. The van der Waals surface area contributed by atoms with Gasteiger partial charge in [0.05, 0.1) is 6.54 Å². The van der Waals surface area contributed by atoms with Crippen molar-refractivity contribution in [2.24, 2.45) is 0 Å². The molecule has 4 heteroatoms. The molecule has 0 aromatic carbocycles. The lowest BCUT2D eigenvalue weighted by molar-refractivity contribution is 0.0939. The molecule has 0 radical (unpaired) electrons. The molecule has 0 heterocycles. The molecule has 0 spiro atoms. The fraction of sp³-hybridized carbons (Fsp3) is 1.00. The van der Waals surface area contributed by atoms with E-state index in [9.17, 15) is 8.78 Å². The minimum Gasteiger partial charge on any atom is -0.297 e. The van der Waals surface area contributed by atoms with Gasteiger partial charge in [-0.15, -0.1) is 0 Å². The molecule has 10 heavy (non-hydrogen) atoms. The highest BCUT2D eigenvalue weighted by Crippen LogP contribution is 1.97. The second kappa shape index (κ2) is 5.92. The van der Waals surface area contributed by atoms with E-state index < -0.39 is 6.43 Å². The zero-order valence-electron chi connectivity index (χ0n) is 6.06. The Morgan fingerprint density at radius 3 is 2.40 bits per heavy atom. The maximum Gasteiger partial charge on any atom is 0.251 e. The van der Waals surface area contributed by atoms with E-state index in [1.165, 1.54) is 0 Å². The molecular weight excluding hydrogens is 156 g/mol. The van der Waals surface area contributed by atoms with Gasteiger partial charge in [0, 0.05) is 12.3 Å². The lowest BCUT2D eigenvalue weighted by Gasteiger charge is -2.17. The summed E-state index contributed by atoms with van der Waals surface area (Å²) in [5.41, 5.74) is 0. The molecule has 0 fully saturated rings. The Hall–Kier alpha value is 0.170. The lowest BCUT2D eigenvalue weighted by atomic mass is 10.5. The van der Waals surface area contributed by atoms with E-state index in [2.05, 4.69) is 12.6 Å². The molecule has 0 unspecified atom stereocenters. The second-order valence-corrected chi connectivity index (χ2v) is 2.46. The van der Waals surface area contributed by atoms with E-state index in [1.54, 1.807) is 4.90 Å². The smallest absolute Gasteiger partial charge is 0.251 e. The number of hydrogen-bond donors (Lipinski definition) is 1. The summed E-state index contributed by atoms with van der Waals surface area (Å²) in [4.78, 5) is 1.68. The molecule has 0 aliphatic heterocycles. The van der Waals surface area contributed by atoms with Gasteiger partial charge in [-0.05, 0) is 6.54 Å². The summed E-state index contributed by atoms with van der Waals surface area (Å²) in [6, 6.07) is 0. The topological polar surface area (TPSA) is 3.24 Å². The first-order chi connectivity index (χ1) is 4.70. The van der Waals surface area contributed by atoms with Crippen molar-refractivity contribution in [3.63, 3.8) is 0 Å². The fourth-order valence-corrected chi connectivity index (χ4v) is 0.998. The third-order valence-corrected chi connectivity index (χ3v) is 1.46. The fourth-order valence-electron chi connectivity index (χ4n) is 0.715. The number of nitrogens with zero attached hydrogens (tertiary/aromatic N) is 1. The van der Waals surface area contributed by atoms with Crippen molar-refractivity contribution in [1.82, 2.24) is 4.90 Å². The number of rotatable bonds is 5. The molecule has 0 saturated heterocycles. The van der Waals surface area contributed by atoms with Crippen LogP contribution in [0.5, 0.6) is 0 Å². The third kappa shape index (κ3) is 4.99. The highest BCUT2D eigenvalue weighted by molar-refractivity contribution is 7.80. The molecule has 62 valence electrons. The van der Waals surface area contributed by atoms with Crippen LogP contribution in [-0.4, -0.2) is 36.7 Å². The first-order valence-electron chi connectivity index (χ1n) is 3.32. The van der Waals surface area contributed by atoms with Crippen molar-refractivity contribution in [2.45, 2.75) is 13.3 Å². The number of thiol groups is 1. The van der Waals surface area contributed by atoms with Crippen LogP contribution in [-0.2, 0) is 0 Å². The maximum atomic E-state index is 11.7. The van der Waals surface area contributed by atoms with E-state index in [4.69, 9.17) is 0 Å². The van der Waals surface area contributed by atoms with Gasteiger partial charge < -0.3 is 0 Å². The summed E-state index contributed by atoms with van der Waals surface area (Å²) in [6.45, 7) is 3.05. The first-order valence-corrected chi connectivity index (χ1v) is 3.95. The summed E-state index contributed by atoms with van der Waals surface area (Å²) in [6.07, 6.45) is -2.22. The normalized spacial score (nSPS) is 11.4. The minimum atomic E-state index is -2.22. The molecule has 0 aromatic rings. The first kappa shape index (κ1) is 10.2. The number of alkyl halides is 2. The monoisotopic (exact) mass is 169 g/mol. The Labute approximate surface area is 65.8 Å². The highest BCUT2D eigenvalue weighted by atomic mass is 32.1. The van der Waals surface area contributed by atoms with E-state index in [0.717, 1.165) is 0 Å². The molecule has 0 rings (SSSR count). The van der Waals surface area contributed by atoms with E-state index in [-0.39, 0.29) is 6.54 Å². The molecular formula is C6H13F2NS. The van der Waals surface area contributed by atoms with Crippen molar-refractivity contribution in [3.8, 4) is 0 Å². The van der Waals surface area contributed by atoms with Gasteiger partial charge in [-0.3, -0.25) is 4.90 Å². The van der Waals surface area contributed by atoms with Gasteiger partial charge in [0.1, 0.15) is 0 Å². The van der Waals surface area contributed by atoms with Crippen LogP contribution >= 0.6 is 12.6 Å². The molecule has 0 atom stereocenters. The minimum absolute atomic E-state index is 0.128. The van der Waals surface area contributed by atoms with Crippen LogP contribution in [0.1, 0.15) is 6.92 Å². The predicted octanol–water partition coefficient (Wildman–Crippen LogP) is 1.50. The molecule has 1 nitrogen and oxygen atoms in total. The summed E-state index contributed by atoms with van der Waals surface area (Å²) >= 11 is 3.95. The second-order valence-electron chi connectivity index (χ2n) is 2.01. The highest BCUT2D eigenvalue weighted by Gasteiger charge is 2.08. The van der Waals surface area contributed by atoms with Crippen LogP contribution in [0.3, 0.4) is 0 Å². The third-order valence-electron chi connectivity index (χ3n) is 1.26. The maximum absolute atomic E-state index is 11.7. The summed E-state index contributed by atoms with van der Waals surface area (Å²) in [5, 5.41) is 0. The SMILES string of the molecule is CCN(CCS)CC(F)F. The molecule has 0 amide bonds. The standard InChI is InChI=1S/C6H13F2NS/c1-2-9(3-4-10)5-6(7)8/h6,10H,2-5H2,1H3. The van der Waals surface area contributed by atoms with Crippen LogP contribution in [0.25, 0.3) is 0 Å². The van der Waals surface area contributed by atoms with Crippen molar-refractivity contribution >= 4 is 12.6 Å². The Morgan fingerprint density at radius 2 is 2.10 bits per heavy atom. The number of halogens is 2. The van der Waals surface area contributed by atoms with Gasteiger partial charge in [-0.1, -0.05) is 6.92 Å². The predicted molar refractivity (Wildman–Crippen MR) is 42.0 cm³/mol. The molecule has 0 bridgehead atoms. The average molecular weight is 169 g/mol. The van der Waals surface area contributed by atoms with Crippen molar-refractivity contribution in [3.05, 3.63) is 0 Å². The largest absolute Gasteiger partial charge is 0.297 e. The summed E-state index contributed by atoms with van der Waals surface area (Å²) in [7, 11) is 0. The Balaban J connectivity index is 3.39. The van der Waals surface area contributed by atoms with Gasteiger partial charge in [0.15, 0.2) is 0 Å². The van der Waals surface area contributed by atoms with Gasteiger partial charge in [-0.2, -0.15) is 12.6 Å². The molecule has 0 saturated carbocycles. The van der Waals surface area contributed by atoms with Crippen molar-refractivity contribution in [1.29, 1.82) is 0 Å². The Morgan fingerprint density at radius 1 is 1.50 bits per heavy atom. The zero-order valence-corrected chi connectivity index (χ0v) is 6.95. The van der Waals surface area contributed by atoms with E-state index in [1.807, 2.05) is 6.92 Å². The quantitative estimate of drug-likeness (QED) is 0.610. The molecule has 0 aromatic heterocycles. The van der Waals surface area contributed by atoms with Crippen molar-refractivity contribution in [2.75, 3.05) is 25.4 Å². The van der Waals surface area contributed by atoms with Crippen LogP contribution in [0.2, 0.25) is 0 Å². The molecule has 0 N–H and O–H groups in total. The zero-order chi connectivity index (χ0) is 7.98. The van der Waals surface area contributed by atoms with Crippen LogP contribution in [0.4, 0.5) is 8.78 Å². The molecule has 0 aliphatic carbocycles. The van der Waals surface area contributed by atoms with Crippen molar-refractivity contribution < 1.29 is 8.78 Å². The summed E-state index contributed by atoms with van der Waals surface area (Å²) in [5.74, 6) is 0.639. The van der Waals surface area contributed by atoms with Crippen LogP contribution in [0, 0.1) is 0 Å². The van der Waals surface area contributed by atoms with Gasteiger partial charge >= 0.3 is 0 Å².